The molecule has 0 bridgehead atoms. The minimum Gasteiger partial charge on any atom is -0.464 e. The van der Waals surface area contributed by atoms with Crippen LogP contribution in [-0.4, -0.2) is 65.4 Å². The van der Waals surface area contributed by atoms with Gasteiger partial charge in [-0.25, -0.2) is 14.6 Å². The number of hydrogen-bond acceptors (Lipinski definition) is 6. The van der Waals surface area contributed by atoms with E-state index in [1.54, 1.807) is 27.7 Å². The molecule has 3 atom stereocenters. The van der Waals surface area contributed by atoms with Crippen molar-refractivity contribution in [1.82, 2.24) is 15.3 Å². The third kappa shape index (κ3) is 5.11. The van der Waals surface area contributed by atoms with Crippen LogP contribution in [-0.2, 0) is 25.5 Å². The molecule has 0 aliphatic carbocycles. The summed E-state index contributed by atoms with van der Waals surface area (Å²) in [5, 5.41) is 6.15. The number of ether oxygens (including phenoxy) is 2. The van der Waals surface area contributed by atoms with Gasteiger partial charge in [0.15, 0.2) is 0 Å². The molecular formula is C22H31N3O5. The van der Waals surface area contributed by atoms with E-state index in [0.717, 1.165) is 5.56 Å². The van der Waals surface area contributed by atoms with Crippen LogP contribution in [0.5, 0.6) is 0 Å². The maximum Gasteiger partial charge on any atom is 0.408 e. The lowest BCUT2D eigenvalue weighted by molar-refractivity contribution is -0.171. The third-order valence-electron chi connectivity index (χ3n) is 5.24. The first-order chi connectivity index (χ1) is 14.2. The number of nitrogens with one attached hydrogen (secondary N) is 1. The van der Waals surface area contributed by atoms with Crippen molar-refractivity contribution in [3.8, 4) is 0 Å². The summed E-state index contributed by atoms with van der Waals surface area (Å²) >= 11 is 0. The third-order valence-corrected chi connectivity index (χ3v) is 5.24. The van der Waals surface area contributed by atoms with Crippen LogP contribution in [0.4, 0.5) is 4.79 Å². The van der Waals surface area contributed by atoms with E-state index in [2.05, 4.69) is 5.32 Å². The zero-order valence-corrected chi connectivity index (χ0v) is 18.1. The lowest BCUT2D eigenvalue weighted by atomic mass is 9.89. The second-order valence-electron chi connectivity index (χ2n) is 8.73. The van der Waals surface area contributed by atoms with Crippen molar-refractivity contribution in [2.75, 3.05) is 19.7 Å². The van der Waals surface area contributed by atoms with Gasteiger partial charge in [-0.15, -0.1) is 0 Å². The Bertz CT molecular complexity index is 777. The topological polar surface area (TPSA) is 88.2 Å². The molecule has 8 heteroatoms. The van der Waals surface area contributed by atoms with Gasteiger partial charge < -0.3 is 14.8 Å². The number of rotatable bonds is 5. The number of hydrogen-bond donors (Lipinski definition) is 1. The fourth-order valence-electron chi connectivity index (χ4n) is 4.06. The van der Waals surface area contributed by atoms with Gasteiger partial charge in [0.2, 0.25) is 0 Å². The largest absolute Gasteiger partial charge is 0.464 e. The summed E-state index contributed by atoms with van der Waals surface area (Å²) in [5.74, 6) is -0.862. The first-order valence-electron chi connectivity index (χ1n) is 10.5. The minimum atomic E-state index is -0.786. The molecule has 0 aromatic heterocycles. The molecule has 2 aliphatic heterocycles. The quantitative estimate of drug-likeness (QED) is 0.739. The van der Waals surface area contributed by atoms with Crippen LogP contribution in [0.15, 0.2) is 30.3 Å². The van der Waals surface area contributed by atoms with Crippen LogP contribution in [0.25, 0.3) is 0 Å². The predicted molar refractivity (Wildman–Crippen MR) is 110 cm³/mol. The average Bonchev–Trinajstić information content (AvgIpc) is 3.08. The molecule has 0 spiro atoms. The Morgan fingerprint density at radius 3 is 2.53 bits per heavy atom. The first-order valence-corrected chi connectivity index (χ1v) is 10.5. The van der Waals surface area contributed by atoms with E-state index in [-0.39, 0.29) is 18.4 Å². The molecule has 2 amide bonds. The molecule has 30 heavy (non-hydrogen) atoms. The molecule has 2 aliphatic rings. The normalized spacial score (nSPS) is 24.3. The van der Waals surface area contributed by atoms with Gasteiger partial charge in [-0.2, -0.15) is 0 Å². The molecule has 1 N–H and O–H groups in total. The standard InChI is InChI=1S/C22H31N3O5/c1-5-29-20(27)17-11-12-24-14-16(13-15-9-7-6-8-10-15)18(19(26)25(17)24)23-21(28)30-22(2,3)4/h6-10,16-18H,5,11-14H2,1-4H3,(H,23,28). The number of alkyl carbamates (subject to hydrolysis) is 1. The Morgan fingerprint density at radius 1 is 1.20 bits per heavy atom. The van der Waals surface area contributed by atoms with Crippen LogP contribution in [0, 0.1) is 5.92 Å². The van der Waals surface area contributed by atoms with Gasteiger partial charge in [0, 0.05) is 19.0 Å². The average molecular weight is 418 g/mol. The Balaban J connectivity index is 1.83. The van der Waals surface area contributed by atoms with Crippen molar-refractivity contribution in [2.24, 2.45) is 5.92 Å². The Hall–Kier alpha value is -2.61. The monoisotopic (exact) mass is 417 g/mol. The molecule has 3 unspecified atom stereocenters. The molecule has 164 valence electrons. The maximum absolute atomic E-state index is 13.4. The number of nitrogens with zero attached hydrogens (tertiary/aromatic N) is 2. The second kappa shape index (κ2) is 9.04. The van der Waals surface area contributed by atoms with E-state index in [9.17, 15) is 14.4 Å². The van der Waals surface area contributed by atoms with Crippen molar-refractivity contribution >= 4 is 18.0 Å². The molecule has 1 aromatic rings. The van der Waals surface area contributed by atoms with Crippen molar-refractivity contribution in [2.45, 2.75) is 58.2 Å². The van der Waals surface area contributed by atoms with Crippen LogP contribution >= 0.6 is 0 Å². The molecular weight excluding hydrogens is 386 g/mol. The molecule has 2 fully saturated rings. The number of fused-ring (bicyclic) bond motifs is 1. The van der Waals surface area contributed by atoms with Crippen LogP contribution in [0.3, 0.4) is 0 Å². The van der Waals surface area contributed by atoms with Gasteiger partial charge in [0.05, 0.1) is 6.61 Å². The first kappa shape index (κ1) is 22.1. The van der Waals surface area contributed by atoms with E-state index in [1.807, 2.05) is 35.3 Å². The summed E-state index contributed by atoms with van der Waals surface area (Å²) in [5.41, 5.74) is 0.407. The molecule has 2 heterocycles. The lowest BCUT2D eigenvalue weighted by Crippen LogP contribution is -2.65. The van der Waals surface area contributed by atoms with E-state index in [1.165, 1.54) is 5.01 Å². The van der Waals surface area contributed by atoms with Crippen LogP contribution in [0.2, 0.25) is 0 Å². The van der Waals surface area contributed by atoms with Crippen molar-refractivity contribution in [3.05, 3.63) is 35.9 Å². The Labute approximate surface area is 177 Å². The number of carbonyl (C=O) groups excluding carboxylic acids is 3. The van der Waals surface area contributed by atoms with Gasteiger partial charge in [0.25, 0.3) is 5.91 Å². The Kier molecular flexibility index (Phi) is 6.65. The molecule has 3 rings (SSSR count). The van der Waals surface area contributed by atoms with Gasteiger partial charge >= 0.3 is 12.1 Å². The molecule has 0 radical (unpaired) electrons. The number of benzene rings is 1. The minimum absolute atomic E-state index is 0.149. The molecule has 2 saturated heterocycles. The summed E-state index contributed by atoms with van der Waals surface area (Å²) in [6.07, 6.45) is 0.503. The number of carbonyl (C=O) groups is 3. The fraction of sp³-hybridized carbons (Fsp3) is 0.591. The smallest absolute Gasteiger partial charge is 0.408 e. The van der Waals surface area contributed by atoms with E-state index < -0.39 is 29.7 Å². The van der Waals surface area contributed by atoms with Crippen LogP contribution in [0.1, 0.15) is 39.7 Å². The Morgan fingerprint density at radius 2 is 1.90 bits per heavy atom. The van der Waals surface area contributed by atoms with Gasteiger partial charge in [0.1, 0.15) is 17.7 Å². The highest BCUT2D eigenvalue weighted by molar-refractivity contribution is 5.90. The van der Waals surface area contributed by atoms with Gasteiger partial charge in [-0.3, -0.25) is 9.80 Å². The number of amides is 2. The van der Waals surface area contributed by atoms with Gasteiger partial charge in [-0.1, -0.05) is 30.3 Å². The van der Waals surface area contributed by atoms with Crippen molar-refractivity contribution in [1.29, 1.82) is 0 Å². The van der Waals surface area contributed by atoms with Crippen molar-refractivity contribution in [3.63, 3.8) is 0 Å². The predicted octanol–water partition coefficient (Wildman–Crippen LogP) is 2.13. The fourth-order valence-corrected chi connectivity index (χ4v) is 4.06. The highest BCUT2D eigenvalue weighted by Gasteiger charge is 2.50. The SMILES string of the molecule is CCOC(=O)C1CCN2CC(Cc3ccccc3)C(NC(=O)OC(C)(C)C)C(=O)N12. The van der Waals surface area contributed by atoms with Crippen molar-refractivity contribution < 1.29 is 23.9 Å². The summed E-state index contributed by atoms with van der Waals surface area (Å²) in [4.78, 5) is 38.3. The lowest BCUT2D eigenvalue weighted by Gasteiger charge is -2.43. The summed E-state index contributed by atoms with van der Waals surface area (Å²) < 4.78 is 10.5. The van der Waals surface area contributed by atoms with E-state index >= 15 is 0 Å². The van der Waals surface area contributed by atoms with Crippen LogP contribution < -0.4 is 5.32 Å². The number of hydrazine groups is 1. The second-order valence-corrected chi connectivity index (χ2v) is 8.73. The molecule has 1 aromatic carbocycles. The van der Waals surface area contributed by atoms with E-state index in [4.69, 9.17) is 9.47 Å². The zero-order chi connectivity index (χ0) is 21.9. The van der Waals surface area contributed by atoms with Gasteiger partial charge in [-0.05, 0) is 46.1 Å². The molecule has 0 saturated carbocycles. The summed E-state index contributed by atoms with van der Waals surface area (Å²) in [6.45, 7) is 8.47. The maximum atomic E-state index is 13.4. The highest BCUT2D eigenvalue weighted by Crippen LogP contribution is 2.30. The highest BCUT2D eigenvalue weighted by atomic mass is 16.6. The molecule has 8 nitrogen and oxygen atoms in total. The summed E-state index contributed by atoms with van der Waals surface area (Å²) in [7, 11) is 0. The zero-order valence-electron chi connectivity index (χ0n) is 18.1. The number of esters is 1. The summed E-state index contributed by atoms with van der Waals surface area (Å²) in [6, 6.07) is 8.42. The van der Waals surface area contributed by atoms with E-state index in [0.29, 0.717) is 25.9 Å².